The van der Waals surface area contributed by atoms with E-state index in [1.165, 1.54) is 12.1 Å². The molecule has 0 aliphatic carbocycles. The molecule has 0 radical (unpaired) electrons. The summed E-state index contributed by atoms with van der Waals surface area (Å²) in [6.07, 6.45) is 0. The third kappa shape index (κ3) is 4.33. The van der Waals surface area contributed by atoms with Gasteiger partial charge in [0.15, 0.2) is 0 Å². The van der Waals surface area contributed by atoms with E-state index in [1.54, 1.807) is 6.07 Å². The minimum atomic E-state index is -0.667. The van der Waals surface area contributed by atoms with E-state index < -0.39 is 11.6 Å². The van der Waals surface area contributed by atoms with Gasteiger partial charge >= 0.3 is 0 Å². The molecule has 26 heavy (non-hydrogen) atoms. The molecule has 0 aliphatic rings. The molecule has 0 atom stereocenters. The summed E-state index contributed by atoms with van der Waals surface area (Å²) >= 11 is 0. The van der Waals surface area contributed by atoms with Gasteiger partial charge in [-0.15, -0.1) is 0 Å². The van der Waals surface area contributed by atoms with Crippen LogP contribution in [0.4, 0.5) is 26.2 Å². The molecule has 1 heterocycles. The van der Waals surface area contributed by atoms with E-state index in [1.807, 2.05) is 49.1 Å². The van der Waals surface area contributed by atoms with E-state index in [0.717, 1.165) is 23.9 Å². The highest BCUT2D eigenvalue weighted by molar-refractivity contribution is 5.58. The van der Waals surface area contributed by atoms with Crippen molar-refractivity contribution in [3.8, 4) is 0 Å². The lowest BCUT2D eigenvalue weighted by Crippen LogP contribution is -2.24. The van der Waals surface area contributed by atoms with Gasteiger partial charge in [-0.05, 0) is 31.5 Å². The summed E-state index contributed by atoms with van der Waals surface area (Å²) < 4.78 is 27.0. The molecule has 134 valence electrons. The standard InChI is InChI=1S/C20H20F2N4/c1-3-26(13-15-7-5-4-6-8-15)20-23-14(2)11-19(25-20)24-18-10-9-16(21)12-17(18)22/h4-12H,3,13H2,1-2H3,(H,23,24,25). The predicted molar refractivity (Wildman–Crippen MR) is 99.6 cm³/mol. The van der Waals surface area contributed by atoms with Crippen LogP contribution in [0.2, 0.25) is 0 Å². The summed E-state index contributed by atoms with van der Waals surface area (Å²) in [6.45, 7) is 5.28. The second-order valence-electron chi connectivity index (χ2n) is 5.94. The third-order valence-electron chi connectivity index (χ3n) is 3.92. The molecule has 6 heteroatoms. The van der Waals surface area contributed by atoms with Crippen LogP contribution in [0.1, 0.15) is 18.2 Å². The lowest BCUT2D eigenvalue weighted by atomic mass is 10.2. The van der Waals surface area contributed by atoms with Crippen molar-refractivity contribution in [2.75, 3.05) is 16.8 Å². The first-order valence-electron chi connectivity index (χ1n) is 8.42. The minimum absolute atomic E-state index is 0.168. The molecule has 0 amide bonds. The smallest absolute Gasteiger partial charge is 0.227 e. The fourth-order valence-electron chi connectivity index (χ4n) is 2.61. The van der Waals surface area contributed by atoms with Gasteiger partial charge in [0.1, 0.15) is 17.5 Å². The average molecular weight is 354 g/mol. The third-order valence-corrected chi connectivity index (χ3v) is 3.92. The van der Waals surface area contributed by atoms with Crippen LogP contribution in [0, 0.1) is 18.6 Å². The molecule has 0 unspecified atom stereocenters. The monoisotopic (exact) mass is 354 g/mol. The van der Waals surface area contributed by atoms with Crippen molar-refractivity contribution < 1.29 is 8.78 Å². The largest absolute Gasteiger partial charge is 0.338 e. The van der Waals surface area contributed by atoms with Gasteiger partial charge in [-0.1, -0.05) is 30.3 Å². The summed E-state index contributed by atoms with van der Waals surface area (Å²) in [5.41, 5.74) is 2.08. The number of aromatic nitrogens is 2. The molecule has 0 spiro atoms. The summed E-state index contributed by atoms with van der Waals surface area (Å²) in [5, 5.41) is 2.90. The Labute approximate surface area is 151 Å². The van der Waals surface area contributed by atoms with Crippen LogP contribution in [0.3, 0.4) is 0 Å². The van der Waals surface area contributed by atoms with Gasteiger partial charge in [-0.25, -0.2) is 13.8 Å². The molecule has 3 aromatic rings. The Kier molecular flexibility index (Phi) is 5.41. The SMILES string of the molecule is CCN(Cc1ccccc1)c1nc(C)cc(Nc2ccc(F)cc2F)n1. The predicted octanol–water partition coefficient (Wildman–Crippen LogP) is 4.83. The van der Waals surface area contributed by atoms with E-state index in [4.69, 9.17) is 0 Å². The first-order chi connectivity index (χ1) is 12.5. The Morgan fingerprint density at radius 3 is 2.46 bits per heavy atom. The highest BCUT2D eigenvalue weighted by Crippen LogP contribution is 2.22. The fraction of sp³-hybridized carbons (Fsp3) is 0.200. The zero-order valence-electron chi connectivity index (χ0n) is 14.7. The number of benzene rings is 2. The van der Waals surface area contributed by atoms with Crippen molar-refractivity contribution in [2.24, 2.45) is 0 Å². The highest BCUT2D eigenvalue weighted by atomic mass is 19.1. The van der Waals surface area contributed by atoms with Crippen LogP contribution in [-0.4, -0.2) is 16.5 Å². The highest BCUT2D eigenvalue weighted by Gasteiger charge is 2.12. The number of hydrogen-bond donors (Lipinski definition) is 1. The molecule has 0 saturated carbocycles. The maximum absolute atomic E-state index is 13.9. The Morgan fingerprint density at radius 1 is 1.00 bits per heavy atom. The zero-order valence-corrected chi connectivity index (χ0v) is 14.7. The lowest BCUT2D eigenvalue weighted by molar-refractivity contribution is 0.586. The van der Waals surface area contributed by atoms with Crippen molar-refractivity contribution in [1.82, 2.24) is 9.97 Å². The number of hydrogen-bond acceptors (Lipinski definition) is 4. The first kappa shape index (κ1) is 17.8. The summed E-state index contributed by atoms with van der Waals surface area (Å²) in [4.78, 5) is 11.0. The molecule has 0 fully saturated rings. The number of aryl methyl sites for hydroxylation is 1. The molecule has 3 rings (SSSR count). The van der Waals surface area contributed by atoms with Crippen molar-refractivity contribution in [2.45, 2.75) is 20.4 Å². The zero-order chi connectivity index (χ0) is 18.5. The number of nitrogens with one attached hydrogen (secondary N) is 1. The van der Waals surface area contributed by atoms with Gasteiger partial charge < -0.3 is 10.2 Å². The van der Waals surface area contributed by atoms with Crippen LogP contribution >= 0.6 is 0 Å². The van der Waals surface area contributed by atoms with Crippen LogP contribution in [0.15, 0.2) is 54.6 Å². The van der Waals surface area contributed by atoms with Crippen LogP contribution < -0.4 is 10.2 Å². The molecule has 0 saturated heterocycles. The summed E-state index contributed by atoms with van der Waals surface area (Å²) in [7, 11) is 0. The molecule has 1 N–H and O–H groups in total. The second kappa shape index (κ2) is 7.91. The van der Waals surface area contributed by atoms with E-state index in [2.05, 4.69) is 15.3 Å². The fourth-order valence-corrected chi connectivity index (χ4v) is 2.61. The quantitative estimate of drug-likeness (QED) is 0.688. The van der Waals surface area contributed by atoms with Gasteiger partial charge in [0.05, 0.1) is 5.69 Å². The Morgan fingerprint density at radius 2 is 1.77 bits per heavy atom. The molecular weight excluding hydrogens is 334 g/mol. The first-order valence-corrected chi connectivity index (χ1v) is 8.42. The normalized spacial score (nSPS) is 10.6. The van der Waals surface area contributed by atoms with Gasteiger partial charge in [-0.3, -0.25) is 0 Å². The minimum Gasteiger partial charge on any atom is -0.338 e. The van der Waals surface area contributed by atoms with Gasteiger partial charge in [0.2, 0.25) is 5.95 Å². The molecule has 0 bridgehead atoms. The van der Waals surface area contributed by atoms with Gasteiger partial charge in [-0.2, -0.15) is 4.98 Å². The van der Waals surface area contributed by atoms with E-state index in [0.29, 0.717) is 18.3 Å². The molecule has 4 nitrogen and oxygen atoms in total. The van der Waals surface area contributed by atoms with Crippen molar-refractivity contribution in [3.63, 3.8) is 0 Å². The van der Waals surface area contributed by atoms with Crippen molar-refractivity contribution >= 4 is 17.5 Å². The topological polar surface area (TPSA) is 41.1 Å². The van der Waals surface area contributed by atoms with Crippen LogP contribution in [0.5, 0.6) is 0 Å². The van der Waals surface area contributed by atoms with E-state index in [9.17, 15) is 8.78 Å². The van der Waals surface area contributed by atoms with Gasteiger partial charge in [0.25, 0.3) is 0 Å². The Hall–Kier alpha value is -3.02. The van der Waals surface area contributed by atoms with Crippen molar-refractivity contribution in [1.29, 1.82) is 0 Å². The van der Waals surface area contributed by atoms with Crippen molar-refractivity contribution in [3.05, 3.63) is 77.5 Å². The lowest BCUT2D eigenvalue weighted by Gasteiger charge is -2.22. The summed E-state index contributed by atoms with van der Waals surface area (Å²) in [5.74, 6) is -0.266. The van der Waals surface area contributed by atoms with Gasteiger partial charge in [0, 0.05) is 30.9 Å². The molecular formula is C20H20F2N4. The Balaban J connectivity index is 1.86. The van der Waals surface area contributed by atoms with E-state index in [-0.39, 0.29) is 5.69 Å². The Bertz CT molecular complexity index is 884. The molecule has 0 aliphatic heterocycles. The van der Waals surface area contributed by atoms with Crippen LogP contribution in [0.25, 0.3) is 0 Å². The summed E-state index contributed by atoms with van der Waals surface area (Å²) in [6, 6.07) is 15.2. The number of rotatable bonds is 6. The molecule has 2 aromatic carbocycles. The van der Waals surface area contributed by atoms with Crippen LogP contribution in [-0.2, 0) is 6.54 Å². The number of anilines is 3. The van der Waals surface area contributed by atoms with E-state index >= 15 is 0 Å². The second-order valence-corrected chi connectivity index (χ2v) is 5.94. The number of halogens is 2. The average Bonchev–Trinajstić information content (AvgIpc) is 2.62. The maximum atomic E-state index is 13.9. The maximum Gasteiger partial charge on any atom is 0.227 e. The molecule has 1 aromatic heterocycles. The number of nitrogens with zero attached hydrogens (tertiary/aromatic N) is 3.